The normalized spacial score (nSPS) is 16.1. The first-order valence-electron chi connectivity index (χ1n) is 6.33. The summed E-state index contributed by atoms with van der Waals surface area (Å²) in [5.41, 5.74) is 7.01. The summed E-state index contributed by atoms with van der Waals surface area (Å²) in [7, 11) is 0. The first kappa shape index (κ1) is 13.1. The average Bonchev–Trinajstić information content (AvgIpc) is 2.99. The Kier molecular flexibility index (Phi) is 3.62. The first-order valence-corrected chi connectivity index (χ1v) is 7.92. The quantitative estimate of drug-likeness (QED) is 0.848. The number of nitrogens with zero attached hydrogens (tertiary/aromatic N) is 3. The zero-order valence-electron chi connectivity index (χ0n) is 10.3. The number of hydrogen-bond donors (Lipinski definition) is 1. The van der Waals surface area contributed by atoms with Gasteiger partial charge in [-0.3, -0.25) is 4.57 Å². The van der Waals surface area contributed by atoms with Gasteiger partial charge in [-0.25, -0.2) is 0 Å². The molecule has 1 aromatic carbocycles. The number of nitrogen functional groups attached to an aromatic ring is 1. The van der Waals surface area contributed by atoms with E-state index >= 15 is 0 Å². The summed E-state index contributed by atoms with van der Waals surface area (Å²) in [6.07, 6.45) is 4.85. The second-order valence-corrected chi connectivity index (χ2v) is 6.51. The molecule has 0 unspecified atom stereocenters. The van der Waals surface area contributed by atoms with Gasteiger partial charge in [0.25, 0.3) is 0 Å². The molecule has 2 aromatic rings. The zero-order chi connectivity index (χ0) is 13.4. The minimum atomic E-state index is 0.439. The van der Waals surface area contributed by atoms with Crippen LogP contribution in [0.4, 0.5) is 5.95 Å². The SMILES string of the molecule is Nc1nnc(C2CCCC2)n1-c1c(Br)cccc1Br. The standard InChI is InChI=1S/C13H14Br2N4/c14-9-6-3-7-10(15)11(9)19-12(17-18-13(19)16)8-4-1-2-5-8/h3,6-8H,1-2,4-5H2,(H2,16,18). The van der Waals surface area contributed by atoms with Gasteiger partial charge in [-0.05, 0) is 56.8 Å². The van der Waals surface area contributed by atoms with Crippen molar-refractivity contribution < 1.29 is 0 Å². The second-order valence-electron chi connectivity index (χ2n) is 4.80. The lowest BCUT2D eigenvalue weighted by Gasteiger charge is -2.15. The van der Waals surface area contributed by atoms with Crippen LogP contribution < -0.4 is 5.73 Å². The molecule has 1 aliphatic rings. The molecule has 2 N–H and O–H groups in total. The number of hydrogen-bond acceptors (Lipinski definition) is 3. The summed E-state index contributed by atoms with van der Waals surface area (Å²) in [5, 5.41) is 8.37. The highest BCUT2D eigenvalue weighted by Gasteiger charge is 2.26. The van der Waals surface area contributed by atoms with E-state index in [0.717, 1.165) is 20.5 Å². The third kappa shape index (κ3) is 2.31. The van der Waals surface area contributed by atoms with Crippen molar-refractivity contribution in [3.63, 3.8) is 0 Å². The predicted octanol–water partition coefficient (Wildman–Crippen LogP) is 4.03. The van der Waals surface area contributed by atoms with Crippen LogP contribution in [0.15, 0.2) is 27.1 Å². The van der Waals surface area contributed by atoms with Crippen LogP contribution in [-0.2, 0) is 0 Å². The van der Waals surface area contributed by atoms with Crippen molar-refractivity contribution in [2.45, 2.75) is 31.6 Å². The molecule has 6 heteroatoms. The Morgan fingerprint density at radius 2 is 1.74 bits per heavy atom. The molecular weight excluding hydrogens is 372 g/mol. The molecule has 0 atom stereocenters. The Labute approximate surface area is 128 Å². The number of benzene rings is 1. The van der Waals surface area contributed by atoms with Crippen molar-refractivity contribution in [3.8, 4) is 5.69 Å². The second kappa shape index (κ2) is 5.25. The fourth-order valence-electron chi connectivity index (χ4n) is 2.69. The molecule has 0 aliphatic heterocycles. The highest BCUT2D eigenvalue weighted by atomic mass is 79.9. The van der Waals surface area contributed by atoms with Gasteiger partial charge in [0, 0.05) is 14.9 Å². The van der Waals surface area contributed by atoms with Gasteiger partial charge >= 0.3 is 0 Å². The number of rotatable bonds is 2. The van der Waals surface area contributed by atoms with Crippen LogP contribution in [0, 0.1) is 0 Å². The molecule has 0 radical (unpaired) electrons. The Morgan fingerprint density at radius 1 is 1.11 bits per heavy atom. The molecule has 19 heavy (non-hydrogen) atoms. The number of nitrogens with two attached hydrogens (primary N) is 1. The molecule has 0 saturated heterocycles. The molecule has 1 aromatic heterocycles. The summed E-state index contributed by atoms with van der Waals surface area (Å²) in [6.45, 7) is 0. The average molecular weight is 386 g/mol. The van der Waals surface area contributed by atoms with Crippen LogP contribution in [0.25, 0.3) is 5.69 Å². The lowest BCUT2D eigenvalue weighted by Crippen LogP contribution is -2.09. The summed E-state index contributed by atoms with van der Waals surface area (Å²) >= 11 is 7.17. The van der Waals surface area contributed by atoms with E-state index in [1.54, 1.807) is 0 Å². The molecule has 0 spiro atoms. The molecule has 1 heterocycles. The molecule has 1 aliphatic carbocycles. The molecule has 1 fully saturated rings. The van der Waals surface area contributed by atoms with Gasteiger partial charge < -0.3 is 5.73 Å². The minimum Gasteiger partial charge on any atom is -0.368 e. The lowest BCUT2D eigenvalue weighted by atomic mass is 10.1. The van der Waals surface area contributed by atoms with Crippen LogP contribution in [0.2, 0.25) is 0 Å². The molecule has 0 amide bonds. The van der Waals surface area contributed by atoms with Gasteiger partial charge in [0.1, 0.15) is 5.82 Å². The van der Waals surface area contributed by atoms with Gasteiger partial charge in [-0.15, -0.1) is 10.2 Å². The van der Waals surface area contributed by atoms with Crippen molar-refractivity contribution in [2.24, 2.45) is 0 Å². The van der Waals surface area contributed by atoms with E-state index in [2.05, 4.69) is 42.1 Å². The van der Waals surface area contributed by atoms with Crippen molar-refractivity contribution in [3.05, 3.63) is 33.0 Å². The number of para-hydroxylation sites is 1. The molecule has 0 bridgehead atoms. The monoisotopic (exact) mass is 384 g/mol. The lowest BCUT2D eigenvalue weighted by molar-refractivity contribution is 0.650. The van der Waals surface area contributed by atoms with E-state index in [-0.39, 0.29) is 0 Å². The topological polar surface area (TPSA) is 56.7 Å². The smallest absolute Gasteiger partial charge is 0.226 e. The van der Waals surface area contributed by atoms with Crippen LogP contribution in [0.1, 0.15) is 37.4 Å². The van der Waals surface area contributed by atoms with Crippen LogP contribution in [-0.4, -0.2) is 14.8 Å². The van der Waals surface area contributed by atoms with Crippen molar-refractivity contribution in [2.75, 3.05) is 5.73 Å². The van der Waals surface area contributed by atoms with Crippen LogP contribution in [0.5, 0.6) is 0 Å². The summed E-state index contributed by atoms with van der Waals surface area (Å²) < 4.78 is 3.92. The van der Waals surface area contributed by atoms with E-state index < -0.39 is 0 Å². The molecule has 1 saturated carbocycles. The summed E-state index contributed by atoms with van der Waals surface area (Å²) in [6, 6.07) is 5.98. The largest absolute Gasteiger partial charge is 0.368 e. The van der Waals surface area contributed by atoms with E-state index in [0.29, 0.717) is 11.9 Å². The molecule has 3 rings (SSSR count). The summed E-state index contributed by atoms with van der Waals surface area (Å²) in [5.74, 6) is 1.88. The maximum Gasteiger partial charge on any atom is 0.226 e. The number of anilines is 1. The first-order chi connectivity index (χ1) is 9.18. The van der Waals surface area contributed by atoms with Crippen molar-refractivity contribution in [1.29, 1.82) is 0 Å². The Balaban J connectivity index is 2.16. The van der Waals surface area contributed by atoms with E-state index in [1.165, 1.54) is 25.7 Å². The van der Waals surface area contributed by atoms with Crippen molar-refractivity contribution >= 4 is 37.8 Å². The van der Waals surface area contributed by atoms with Crippen molar-refractivity contribution in [1.82, 2.24) is 14.8 Å². The number of aromatic nitrogens is 3. The third-order valence-electron chi connectivity index (χ3n) is 3.59. The number of halogens is 2. The maximum absolute atomic E-state index is 6.03. The molecule has 100 valence electrons. The maximum atomic E-state index is 6.03. The van der Waals surface area contributed by atoms with E-state index in [4.69, 9.17) is 5.73 Å². The van der Waals surface area contributed by atoms with Gasteiger partial charge in [-0.1, -0.05) is 18.9 Å². The van der Waals surface area contributed by atoms with Crippen LogP contribution in [0.3, 0.4) is 0 Å². The fraction of sp³-hybridized carbons (Fsp3) is 0.385. The van der Waals surface area contributed by atoms with Gasteiger partial charge in [0.05, 0.1) is 5.69 Å². The van der Waals surface area contributed by atoms with E-state index in [9.17, 15) is 0 Å². The third-order valence-corrected chi connectivity index (χ3v) is 4.87. The summed E-state index contributed by atoms with van der Waals surface area (Å²) in [4.78, 5) is 0. The van der Waals surface area contributed by atoms with Gasteiger partial charge in [-0.2, -0.15) is 0 Å². The Hall–Kier alpha value is -0.880. The molecular formula is C13H14Br2N4. The predicted molar refractivity (Wildman–Crippen MR) is 82.4 cm³/mol. The Morgan fingerprint density at radius 3 is 2.37 bits per heavy atom. The molecule has 4 nitrogen and oxygen atoms in total. The van der Waals surface area contributed by atoms with Gasteiger partial charge in [0.15, 0.2) is 0 Å². The fourth-order valence-corrected chi connectivity index (χ4v) is 4.04. The van der Waals surface area contributed by atoms with E-state index in [1.807, 2.05) is 22.8 Å². The minimum absolute atomic E-state index is 0.439. The van der Waals surface area contributed by atoms with Crippen LogP contribution >= 0.6 is 31.9 Å². The highest BCUT2D eigenvalue weighted by Crippen LogP contribution is 2.38. The Bertz CT molecular complexity index is 582. The zero-order valence-corrected chi connectivity index (χ0v) is 13.5. The highest BCUT2D eigenvalue weighted by molar-refractivity contribution is 9.11. The van der Waals surface area contributed by atoms with Gasteiger partial charge in [0.2, 0.25) is 5.95 Å².